The third-order valence-electron chi connectivity index (χ3n) is 5.32. The lowest BCUT2D eigenvalue weighted by Crippen LogP contribution is -2.33. The second-order valence-corrected chi connectivity index (χ2v) is 6.61. The molecule has 0 radical (unpaired) electrons. The van der Waals surface area contributed by atoms with Crippen LogP contribution in [0.5, 0.6) is 0 Å². The van der Waals surface area contributed by atoms with Gasteiger partial charge < -0.3 is 9.47 Å². The minimum Gasteiger partial charge on any atom is -0.341 e. The molecule has 1 aromatic rings. The topological polar surface area (TPSA) is 38.1 Å². The van der Waals surface area contributed by atoms with E-state index in [4.69, 9.17) is 0 Å². The number of hydrogen-bond acceptors (Lipinski definition) is 2. The van der Waals surface area contributed by atoms with Gasteiger partial charge in [0.1, 0.15) is 12.4 Å². The van der Waals surface area contributed by atoms with Crippen molar-refractivity contribution in [3.63, 3.8) is 0 Å². The summed E-state index contributed by atoms with van der Waals surface area (Å²) in [5.74, 6) is 2.89. The van der Waals surface area contributed by atoms with Crippen LogP contribution < -0.4 is 0 Å². The molecule has 4 heteroatoms. The molecule has 0 bridgehead atoms. The number of aryl methyl sites for hydroxylation is 1. The molecule has 0 N–H and O–H groups in total. The van der Waals surface area contributed by atoms with Crippen molar-refractivity contribution in [2.24, 2.45) is 11.8 Å². The average Bonchev–Trinajstić information content (AvgIpc) is 3.17. The van der Waals surface area contributed by atoms with Gasteiger partial charge >= 0.3 is 0 Å². The molecule has 1 aromatic heterocycles. The molecular weight excluding hydrogens is 262 g/mol. The fourth-order valence-corrected chi connectivity index (χ4v) is 4.05. The van der Waals surface area contributed by atoms with Gasteiger partial charge in [0, 0.05) is 31.9 Å². The van der Waals surface area contributed by atoms with Crippen LogP contribution in [0.3, 0.4) is 0 Å². The standard InChI is InChI=1S/C17H27N3O/c1-2-16-18-9-11-19(16)13-17(21)20-10-8-15(12-20)14-6-4-3-5-7-14/h9,11,14-15H,2-8,10,12-13H2,1H3/t15-/m1/s1. The van der Waals surface area contributed by atoms with Gasteiger partial charge in [-0.3, -0.25) is 4.79 Å². The Bertz CT molecular complexity index is 476. The monoisotopic (exact) mass is 289 g/mol. The summed E-state index contributed by atoms with van der Waals surface area (Å²) < 4.78 is 2.00. The number of rotatable bonds is 4. The average molecular weight is 289 g/mol. The Kier molecular flexibility index (Phi) is 4.61. The zero-order valence-corrected chi connectivity index (χ0v) is 13.1. The van der Waals surface area contributed by atoms with Gasteiger partial charge in [0.25, 0.3) is 0 Å². The third kappa shape index (κ3) is 3.30. The molecule has 0 aromatic carbocycles. The quantitative estimate of drug-likeness (QED) is 0.855. The summed E-state index contributed by atoms with van der Waals surface area (Å²) in [6.07, 6.45) is 12.8. The minimum absolute atomic E-state index is 0.265. The molecule has 1 aliphatic heterocycles. The highest BCUT2D eigenvalue weighted by molar-refractivity contribution is 5.76. The Morgan fingerprint density at radius 1 is 1.24 bits per heavy atom. The molecular formula is C17H27N3O. The molecule has 0 unspecified atom stereocenters. The Morgan fingerprint density at radius 3 is 2.81 bits per heavy atom. The highest BCUT2D eigenvalue weighted by Crippen LogP contribution is 2.35. The molecule has 2 heterocycles. The first kappa shape index (κ1) is 14.6. The Hall–Kier alpha value is -1.32. The summed E-state index contributed by atoms with van der Waals surface area (Å²) in [7, 11) is 0. The van der Waals surface area contributed by atoms with Crippen molar-refractivity contribution in [2.75, 3.05) is 13.1 Å². The Balaban J connectivity index is 1.54. The molecule has 1 saturated carbocycles. The van der Waals surface area contributed by atoms with E-state index in [0.717, 1.165) is 37.2 Å². The summed E-state index contributed by atoms with van der Waals surface area (Å²) in [6, 6.07) is 0. The predicted octanol–water partition coefficient (Wildman–Crippen LogP) is 2.87. The first-order chi connectivity index (χ1) is 10.3. The molecule has 21 heavy (non-hydrogen) atoms. The second kappa shape index (κ2) is 6.63. The normalized spacial score (nSPS) is 23.7. The zero-order valence-electron chi connectivity index (χ0n) is 13.1. The SMILES string of the molecule is CCc1nccn1CC(=O)N1CC[C@@H](C2CCCCC2)C1. The van der Waals surface area contributed by atoms with Crippen molar-refractivity contribution < 1.29 is 4.79 Å². The first-order valence-corrected chi connectivity index (χ1v) is 8.55. The van der Waals surface area contributed by atoms with Crippen molar-refractivity contribution in [2.45, 2.75) is 58.4 Å². The van der Waals surface area contributed by atoms with Crippen LogP contribution in [0, 0.1) is 11.8 Å². The number of likely N-dealkylation sites (tertiary alicyclic amines) is 1. The number of hydrogen-bond donors (Lipinski definition) is 0. The fourth-order valence-electron chi connectivity index (χ4n) is 4.05. The maximum Gasteiger partial charge on any atom is 0.242 e. The van der Waals surface area contributed by atoms with E-state index in [9.17, 15) is 4.79 Å². The van der Waals surface area contributed by atoms with Crippen LogP contribution >= 0.6 is 0 Å². The summed E-state index contributed by atoms with van der Waals surface area (Å²) in [5.41, 5.74) is 0. The lowest BCUT2D eigenvalue weighted by atomic mass is 9.80. The number of carbonyl (C=O) groups excluding carboxylic acids is 1. The predicted molar refractivity (Wildman–Crippen MR) is 82.9 cm³/mol. The molecule has 4 nitrogen and oxygen atoms in total. The van der Waals surface area contributed by atoms with E-state index in [1.807, 2.05) is 10.8 Å². The third-order valence-corrected chi connectivity index (χ3v) is 5.32. The van der Waals surface area contributed by atoms with Crippen LogP contribution in [0.1, 0.15) is 51.3 Å². The molecule has 2 aliphatic rings. The Morgan fingerprint density at radius 2 is 2.05 bits per heavy atom. The van der Waals surface area contributed by atoms with Crippen LogP contribution in [-0.2, 0) is 17.8 Å². The Labute approximate surface area is 127 Å². The lowest BCUT2D eigenvalue weighted by molar-refractivity contribution is -0.131. The molecule has 1 aliphatic carbocycles. The summed E-state index contributed by atoms with van der Waals surface area (Å²) in [5, 5.41) is 0. The number of aromatic nitrogens is 2. The van der Waals surface area contributed by atoms with E-state index < -0.39 is 0 Å². The van der Waals surface area contributed by atoms with Gasteiger partial charge in [0.05, 0.1) is 0 Å². The van der Waals surface area contributed by atoms with E-state index in [0.29, 0.717) is 6.54 Å². The minimum atomic E-state index is 0.265. The van der Waals surface area contributed by atoms with Gasteiger partial charge in [0.15, 0.2) is 0 Å². The van der Waals surface area contributed by atoms with E-state index in [-0.39, 0.29) is 5.91 Å². The van der Waals surface area contributed by atoms with Crippen molar-refractivity contribution in [1.82, 2.24) is 14.5 Å². The van der Waals surface area contributed by atoms with Crippen molar-refractivity contribution in [3.8, 4) is 0 Å². The number of carbonyl (C=O) groups is 1. The van der Waals surface area contributed by atoms with E-state index >= 15 is 0 Å². The van der Waals surface area contributed by atoms with Crippen molar-refractivity contribution >= 4 is 5.91 Å². The fraction of sp³-hybridized carbons (Fsp3) is 0.765. The van der Waals surface area contributed by atoms with Gasteiger partial charge in [0.2, 0.25) is 5.91 Å². The van der Waals surface area contributed by atoms with Gasteiger partial charge in [-0.15, -0.1) is 0 Å². The summed E-state index contributed by atoms with van der Waals surface area (Å²) in [6.45, 7) is 4.48. The molecule has 116 valence electrons. The highest BCUT2D eigenvalue weighted by atomic mass is 16.2. The van der Waals surface area contributed by atoms with Crippen LogP contribution in [0.15, 0.2) is 12.4 Å². The number of amides is 1. The maximum absolute atomic E-state index is 12.5. The van der Waals surface area contributed by atoms with E-state index in [2.05, 4.69) is 16.8 Å². The highest BCUT2D eigenvalue weighted by Gasteiger charge is 2.32. The summed E-state index contributed by atoms with van der Waals surface area (Å²) >= 11 is 0. The largest absolute Gasteiger partial charge is 0.341 e. The van der Waals surface area contributed by atoms with E-state index in [1.165, 1.54) is 38.5 Å². The van der Waals surface area contributed by atoms with Gasteiger partial charge in [-0.05, 0) is 18.3 Å². The smallest absolute Gasteiger partial charge is 0.242 e. The molecule has 1 atom stereocenters. The second-order valence-electron chi connectivity index (χ2n) is 6.61. The zero-order chi connectivity index (χ0) is 14.7. The van der Waals surface area contributed by atoms with Crippen LogP contribution in [0.25, 0.3) is 0 Å². The van der Waals surface area contributed by atoms with Crippen molar-refractivity contribution in [3.05, 3.63) is 18.2 Å². The van der Waals surface area contributed by atoms with Crippen LogP contribution in [0.4, 0.5) is 0 Å². The first-order valence-electron chi connectivity index (χ1n) is 8.55. The summed E-state index contributed by atoms with van der Waals surface area (Å²) in [4.78, 5) is 18.9. The molecule has 1 saturated heterocycles. The van der Waals surface area contributed by atoms with Gasteiger partial charge in [-0.25, -0.2) is 4.98 Å². The van der Waals surface area contributed by atoms with Crippen LogP contribution in [0.2, 0.25) is 0 Å². The number of imidazole rings is 1. The van der Waals surface area contributed by atoms with Gasteiger partial charge in [-0.2, -0.15) is 0 Å². The molecule has 0 spiro atoms. The molecule has 2 fully saturated rings. The number of nitrogens with zero attached hydrogens (tertiary/aromatic N) is 3. The van der Waals surface area contributed by atoms with E-state index in [1.54, 1.807) is 6.20 Å². The van der Waals surface area contributed by atoms with Crippen molar-refractivity contribution in [1.29, 1.82) is 0 Å². The lowest BCUT2D eigenvalue weighted by Gasteiger charge is -2.27. The molecule has 3 rings (SSSR count). The van der Waals surface area contributed by atoms with Crippen LogP contribution in [-0.4, -0.2) is 33.4 Å². The maximum atomic E-state index is 12.5. The van der Waals surface area contributed by atoms with Gasteiger partial charge in [-0.1, -0.05) is 39.0 Å². The molecule has 1 amide bonds.